The summed E-state index contributed by atoms with van der Waals surface area (Å²) in [6.45, 7) is 2.11. The van der Waals surface area contributed by atoms with Crippen molar-refractivity contribution in [2.75, 3.05) is 11.9 Å². The number of nitrogens with two attached hydrogens (primary N) is 1. The number of aryl methyl sites for hydroxylation is 1. The third kappa shape index (κ3) is 4.01. The fourth-order valence-electron chi connectivity index (χ4n) is 4.35. The SMILES string of the molecule is CNC(C)(C(N)=O)[C@@H]1CCc2ccccc2N(Cc2ccnc3ccccc23)C1=O.Cl. The summed E-state index contributed by atoms with van der Waals surface area (Å²) >= 11 is 0. The molecule has 1 unspecified atom stereocenters. The van der Waals surface area contributed by atoms with Gasteiger partial charge in [0, 0.05) is 17.3 Å². The molecule has 2 atom stereocenters. The van der Waals surface area contributed by atoms with Crippen LogP contribution in [0.5, 0.6) is 0 Å². The van der Waals surface area contributed by atoms with Crippen molar-refractivity contribution in [1.82, 2.24) is 10.3 Å². The van der Waals surface area contributed by atoms with Gasteiger partial charge in [-0.2, -0.15) is 0 Å². The van der Waals surface area contributed by atoms with Gasteiger partial charge in [0.15, 0.2) is 0 Å². The molecular formula is C24H27ClN4O2. The van der Waals surface area contributed by atoms with Crippen LogP contribution in [0.25, 0.3) is 10.9 Å². The highest BCUT2D eigenvalue weighted by molar-refractivity contribution is 6.02. The Morgan fingerprint density at radius 3 is 2.65 bits per heavy atom. The van der Waals surface area contributed by atoms with Crippen molar-refractivity contribution in [1.29, 1.82) is 0 Å². The van der Waals surface area contributed by atoms with Crippen molar-refractivity contribution in [3.8, 4) is 0 Å². The summed E-state index contributed by atoms with van der Waals surface area (Å²) in [5.41, 5.74) is 8.47. The van der Waals surface area contributed by atoms with E-state index in [9.17, 15) is 9.59 Å². The van der Waals surface area contributed by atoms with Gasteiger partial charge in [0.05, 0.1) is 18.0 Å². The van der Waals surface area contributed by atoms with E-state index in [4.69, 9.17) is 5.73 Å². The van der Waals surface area contributed by atoms with Crippen LogP contribution in [0, 0.1) is 5.92 Å². The number of primary amides is 1. The lowest BCUT2D eigenvalue weighted by atomic mass is 9.80. The number of carbonyl (C=O) groups excluding carboxylic acids is 2. The maximum absolute atomic E-state index is 13.8. The standard InChI is InChI=1S/C24H26N4O2.ClH/c1-24(26-2,23(25)30)19-12-11-16-7-3-6-10-21(16)28(22(19)29)15-17-13-14-27-20-9-5-4-8-18(17)20;/h3-10,13-14,19,26H,11-12,15H2,1-2H3,(H2,25,30);1H/t19-,24?;/m1./s1. The van der Waals surface area contributed by atoms with Gasteiger partial charge in [0.1, 0.15) is 5.54 Å². The highest BCUT2D eigenvalue weighted by atomic mass is 35.5. The average molecular weight is 439 g/mol. The number of para-hydroxylation sites is 2. The first-order chi connectivity index (χ1) is 14.5. The number of nitrogens with zero attached hydrogens (tertiary/aromatic N) is 2. The lowest BCUT2D eigenvalue weighted by Crippen LogP contribution is -2.60. The number of likely N-dealkylation sites (N-methyl/N-ethyl adjacent to an activating group) is 1. The summed E-state index contributed by atoms with van der Waals surface area (Å²) in [5.74, 6) is -1.19. The maximum Gasteiger partial charge on any atom is 0.238 e. The van der Waals surface area contributed by atoms with Crippen LogP contribution in [-0.4, -0.2) is 29.4 Å². The fraction of sp³-hybridized carbons (Fsp3) is 0.292. The molecule has 7 heteroatoms. The molecule has 3 N–H and O–H groups in total. The van der Waals surface area contributed by atoms with E-state index in [0.717, 1.165) is 27.7 Å². The first-order valence-corrected chi connectivity index (χ1v) is 10.2. The Bertz CT molecular complexity index is 1110. The van der Waals surface area contributed by atoms with E-state index in [1.807, 2.05) is 54.6 Å². The third-order valence-corrected chi connectivity index (χ3v) is 6.34. The molecule has 4 rings (SSSR count). The van der Waals surface area contributed by atoms with Crippen molar-refractivity contribution in [3.63, 3.8) is 0 Å². The summed E-state index contributed by atoms with van der Waals surface area (Å²) in [7, 11) is 1.68. The maximum atomic E-state index is 13.8. The van der Waals surface area contributed by atoms with Crippen LogP contribution < -0.4 is 16.0 Å². The Morgan fingerprint density at radius 2 is 1.90 bits per heavy atom. The van der Waals surface area contributed by atoms with E-state index in [-0.39, 0.29) is 18.3 Å². The molecule has 1 aliphatic rings. The number of halogens is 1. The molecule has 0 bridgehead atoms. The molecule has 6 nitrogen and oxygen atoms in total. The topological polar surface area (TPSA) is 88.3 Å². The first-order valence-electron chi connectivity index (χ1n) is 10.2. The van der Waals surface area contributed by atoms with Crippen LogP contribution >= 0.6 is 12.4 Å². The number of hydrogen-bond acceptors (Lipinski definition) is 4. The number of fused-ring (bicyclic) bond motifs is 2. The summed E-state index contributed by atoms with van der Waals surface area (Å²) in [6, 6.07) is 17.8. The van der Waals surface area contributed by atoms with Crippen molar-refractivity contribution in [2.24, 2.45) is 11.7 Å². The average Bonchev–Trinajstić information content (AvgIpc) is 2.90. The van der Waals surface area contributed by atoms with E-state index in [1.165, 1.54) is 0 Å². The van der Waals surface area contributed by atoms with Gasteiger partial charge in [-0.3, -0.25) is 14.6 Å². The normalized spacial score (nSPS) is 17.9. The van der Waals surface area contributed by atoms with Gasteiger partial charge in [-0.15, -0.1) is 12.4 Å². The Labute approximate surface area is 188 Å². The number of aromatic nitrogens is 1. The zero-order chi connectivity index (χ0) is 21.3. The van der Waals surface area contributed by atoms with E-state index in [0.29, 0.717) is 19.4 Å². The second-order valence-corrected chi connectivity index (χ2v) is 7.95. The van der Waals surface area contributed by atoms with E-state index < -0.39 is 17.4 Å². The minimum Gasteiger partial charge on any atom is -0.368 e. The van der Waals surface area contributed by atoms with Crippen LogP contribution in [0.1, 0.15) is 24.5 Å². The second kappa shape index (κ2) is 9.04. The Morgan fingerprint density at radius 1 is 1.19 bits per heavy atom. The summed E-state index contributed by atoms with van der Waals surface area (Å²) < 4.78 is 0. The number of benzene rings is 2. The smallest absolute Gasteiger partial charge is 0.238 e. The number of anilines is 1. The molecule has 1 aromatic heterocycles. The molecule has 162 valence electrons. The molecule has 3 aromatic rings. The molecule has 0 fully saturated rings. The molecular weight excluding hydrogens is 412 g/mol. The molecule has 0 spiro atoms. The number of amides is 2. The van der Waals surface area contributed by atoms with Gasteiger partial charge in [0.25, 0.3) is 0 Å². The van der Waals surface area contributed by atoms with Crippen LogP contribution in [0.2, 0.25) is 0 Å². The van der Waals surface area contributed by atoms with Gasteiger partial charge in [0.2, 0.25) is 11.8 Å². The van der Waals surface area contributed by atoms with Crippen LogP contribution in [0.15, 0.2) is 60.8 Å². The predicted molar refractivity (Wildman–Crippen MR) is 125 cm³/mol. The first kappa shape index (κ1) is 22.7. The molecule has 2 amide bonds. The highest BCUT2D eigenvalue weighted by Gasteiger charge is 2.45. The zero-order valence-corrected chi connectivity index (χ0v) is 18.5. The lowest BCUT2D eigenvalue weighted by Gasteiger charge is -2.35. The van der Waals surface area contributed by atoms with Crippen molar-refractivity contribution in [2.45, 2.75) is 31.8 Å². The molecule has 31 heavy (non-hydrogen) atoms. The number of carbonyl (C=O) groups is 2. The Hall–Kier alpha value is -2.96. The number of pyridine rings is 1. The van der Waals surface area contributed by atoms with Crippen molar-refractivity contribution in [3.05, 3.63) is 71.9 Å². The second-order valence-electron chi connectivity index (χ2n) is 7.95. The van der Waals surface area contributed by atoms with Gasteiger partial charge in [-0.1, -0.05) is 36.4 Å². The molecule has 1 aliphatic heterocycles. The molecule has 0 saturated carbocycles. The van der Waals surface area contributed by atoms with Crippen molar-refractivity contribution >= 4 is 40.8 Å². The predicted octanol–water partition coefficient (Wildman–Crippen LogP) is 3.22. The van der Waals surface area contributed by atoms with E-state index in [2.05, 4.69) is 10.3 Å². The molecule has 0 saturated heterocycles. The lowest BCUT2D eigenvalue weighted by molar-refractivity contribution is -0.134. The molecule has 0 radical (unpaired) electrons. The van der Waals surface area contributed by atoms with Crippen molar-refractivity contribution < 1.29 is 9.59 Å². The quantitative estimate of drug-likeness (QED) is 0.640. The number of nitrogens with one attached hydrogen (secondary N) is 1. The zero-order valence-electron chi connectivity index (χ0n) is 17.7. The third-order valence-electron chi connectivity index (χ3n) is 6.34. The van der Waals surface area contributed by atoms with Gasteiger partial charge in [-0.25, -0.2) is 0 Å². The minimum atomic E-state index is -1.13. The molecule has 2 aromatic carbocycles. The largest absolute Gasteiger partial charge is 0.368 e. The van der Waals surface area contributed by atoms with E-state index in [1.54, 1.807) is 25.1 Å². The summed E-state index contributed by atoms with van der Waals surface area (Å²) in [6.07, 6.45) is 3.01. The number of rotatable bonds is 5. The molecule has 0 aliphatic carbocycles. The summed E-state index contributed by atoms with van der Waals surface area (Å²) in [5, 5.41) is 4.03. The van der Waals surface area contributed by atoms with Crippen LogP contribution in [0.4, 0.5) is 5.69 Å². The number of hydrogen-bond donors (Lipinski definition) is 2. The van der Waals surface area contributed by atoms with Gasteiger partial charge >= 0.3 is 0 Å². The van der Waals surface area contributed by atoms with Crippen LogP contribution in [0.3, 0.4) is 0 Å². The summed E-state index contributed by atoms with van der Waals surface area (Å²) in [4.78, 5) is 32.4. The minimum absolute atomic E-state index is 0. The van der Waals surface area contributed by atoms with Gasteiger partial charge in [-0.05, 0) is 56.1 Å². The van der Waals surface area contributed by atoms with Gasteiger partial charge < -0.3 is 16.0 Å². The van der Waals surface area contributed by atoms with Crippen LogP contribution in [-0.2, 0) is 22.6 Å². The fourth-order valence-corrected chi connectivity index (χ4v) is 4.35. The molecule has 2 heterocycles. The Balaban J connectivity index is 0.00000272. The Kier molecular flexibility index (Phi) is 6.62. The monoisotopic (exact) mass is 438 g/mol. The highest BCUT2D eigenvalue weighted by Crippen LogP contribution is 2.35. The van der Waals surface area contributed by atoms with E-state index >= 15 is 0 Å².